The fourth-order valence-corrected chi connectivity index (χ4v) is 6.43. The van der Waals surface area contributed by atoms with Crippen LogP contribution in [-0.4, -0.2) is 17.9 Å². The zero-order chi connectivity index (χ0) is 24.8. The highest BCUT2D eigenvalue weighted by Gasteiger charge is 2.47. The average Bonchev–Trinajstić information content (AvgIpc) is 3.35. The van der Waals surface area contributed by atoms with Gasteiger partial charge in [0.2, 0.25) is 5.91 Å². The van der Waals surface area contributed by atoms with Gasteiger partial charge in [-0.3, -0.25) is 4.79 Å². The van der Waals surface area contributed by atoms with Gasteiger partial charge in [-0.05, 0) is 73.2 Å². The van der Waals surface area contributed by atoms with Gasteiger partial charge in [0.15, 0.2) is 0 Å². The van der Waals surface area contributed by atoms with Crippen molar-refractivity contribution in [1.82, 2.24) is 4.90 Å². The van der Waals surface area contributed by atoms with E-state index in [0.717, 1.165) is 45.7 Å². The number of hydrogen-bond acceptors (Lipinski definition) is 5. The largest absolute Gasteiger partial charge is 0.385 e. The lowest BCUT2D eigenvalue weighted by molar-refractivity contribution is -0.132. The fourth-order valence-electron chi connectivity index (χ4n) is 5.28. The van der Waals surface area contributed by atoms with E-state index >= 15 is 0 Å². The fraction of sp³-hybridized carbons (Fsp3) is 0.276. The van der Waals surface area contributed by atoms with E-state index in [1.807, 2.05) is 54.6 Å². The van der Waals surface area contributed by atoms with Crippen LogP contribution in [0, 0.1) is 22.7 Å². The summed E-state index contributed by atoms with van der Waals surface area (Å²) in [4.78, 5) is 17.2. The molecule has 0 radical (unpaired) electrons. The predicted molar refractivity (Wildman–Crippen MR) is 137 cm³/mol. The van der Waals surface area contributed by atoms with Crippen LogP contribution < -0.4 is 5.73 Å². The number of hydrogen-bond donors (Lipinski definition) is 1. The normalized spacial score (nSPS) is 23.1. The molecular weight excluding hydrogens is 452 g/mol. The number of thiophene rings is 1. The minimum atomic E-state index is -0.645. The van der Waals surface area contributed by atoms with Crippen molar-refractivity contribution in [3.8, 4) is 22.6 Å². The minimum absolute atomic E-state index is 0.0553. The summed E-state index contributed by atoms with van der Waals surface area (Å²) in [6.45, 7) is 2.06. The molecule has 1 aliphatic carbocycles. The van der Waals surface area contributed by atoms with Crippen molar-refractivity contribution in [2.75, 3.05) is 7.05 Å². The van der Waals surface area contributed by atoms with Crippen LogP contribution >= 0.6 is 11.3 Å². The van der Waals surface area contributed by atoms with Gasteiger partial charge < -0.3 is 10.6 Å². The van der Waals surface area contributed by atoms with E-state index in [1.165, 1.54) is 4.90 Å². The van der Waals surface area contributed by atoms with Crippen molar-refractivity contribution in [3.05, 3.63) is 94.1 Å². The molecule has 1 aromatic heterocycles. The zero-order valence-electron chi connectivity index (χ0n) is 19.8. The summed E-state index contributed by atoms with van der Waals surface area (Å²) < 4.78 is 0. The predicted octanol–water partition coefficient (Wildman–Crippen LogP) is 5.55. The summed E-state index contributed by atoms with van der Waals surface area (Å²) in [6.07, 6.45) is 4.82. The van der Waals surface area contributed by atoms with Gasteiger partial charge in [0.25, 0.3) is 0 Å². The molecule has 2 aliphatic rings. The second-order valence-corrected chi connectivity index (χ2v) is 10.8. The van der Waals surface area contributed by atoms with Crippen LogP contribution in [0.2, 0.25) is 0 Å². The first-order chi connectivity index (χ1) is 16.8. The summed E-state index contributed by atoms with van der Waals surface area (Å²) in [5, 5.41) is 19.0. The Labute approximate surface area is 209 Å². The first-order valence-electron chi connectivity index (χ1n) is 11.7. The molecule has 2 heterocycles. The molecule has 2 aromatic carbocycles. The summed E-state index contributed by atoms with van der Waals surface area (Å²) >= 11 is 1.61. The van der Waals surface area contributed by atoms with Gasteiger partial charge in [-0.15, -0.1) is 11.3 Å². The minimum Gasteiger partial charge on any atom is -0.385 e. The molecule has 0 spiro atoms. The Bertz CT molecular complexity index is 1420. The Balaban J connectivity index is 1.57. The first kappa shape index (κ1) is 22.9. The average molecular weight is 479 g/mol. The number of allylic oxidation sites excluding steroid dienone is 1. The van der Waals surface area contributed by atoms with Gasteiger partial charge in [0, 0.05) is 22.2 Å². The SMILES string of the molecule is CN1C(=O)C(c2ccc(C3(C#N)CCC3)cc2)[C@@](C)(c2ccc(-c3cccc(C#N)c3)s2)C=C1N. The topological polar surface area (TPSA) is 93.9 Å². The summed E-state index contributed by atoms with van der Waals surface area (Å²) in [6, 6.07) is 24.4. The number of benzene rings is 2. The standard InChI is InChI=1S/C29H26N4OS/c1-28(24-12-11-23(35-24)21-6-3-5-19(15-21)17-30)16-25(32)33(2)27(34)26(28)20-7-9-22(10-8-20)29(18-31)13-4-14-29/h3,5-12,15-16,26H,4,13-14,32H2,1-2H3/t26?,28-/m1/s1. The number of carbonyl (C=O) groups is 1. The third-order valence-electron chi connectivity index (χ3n) is 7.64. The molecule has 1 unspecified atom stereocenters. The maximum atomic E-state index is 13.6. The van der Waals surface area contributed by atoms with E-state index in [9.17, 15) is 15.3 Å². The van der Waals surface area contributed by atoms with E-state index < -0.39 is 11.3 Å². The number of nitrogens with zero attached hydrogens (tertiary/aromatic N) is 3. The Morgan fingerprint density at radius 3 is 2.46 bits per heavy atom. The molecule has 6 heteroatoms. The smallest absolute Gasteiger partial charge is 0.236 e. The third kappa shape index (κ3) is 3.62. The Morgan fingerprint density at radius 2 is 1.83 bits per heavy atom. The number of nitrogens with two attached hydrogens (primary N) is 1. The summed E-state index contributed by atoms with van der Waals surface area (Å²) in [7, 11) is 1.71. The number of nitriles is 2. The molecule has 2 atom stereocenters. The van der Waals surface area contributed by atoms with E-state index in [1.54, 1.807) is 24.5 Å². The van der Waals surface area contributed by atoms with Crippen LogP contribution in [-0.2, 0) is 15.6 Å². The number of amides is 1. The Morgan fingerprint density at radius 1 is 1.09 bits per heavy atom. The van der Waals surface area contributed by atoms with Crippen molar-refractivity contribution >= 4 is 17.2 Å². The van der Waals surface area contributed by atoms with Crippen molar-refractivity contribution in [3.63, 3.8) is 0 Å². The van der Waals surface area contributed by atoms with Gasteiger partial charge in [-0.1, -0.05) is 36.4 Å². The highest BCUT2D eigenvalue weighted by atomic mass is 32.1. The lowest BCUT2D eigenvalue weighted by Crippen LogP contribution is -2.47. The maximum Gasteiger partial charge on any atom is 0.236 e. The van der Waals surface area contributed by atoms with Gasteiger partial charge in [-0.25, -0.2) is 0 Å². The van der Waals surface area contributed by atoms with Crippen molar-refractivity contribution in [2.24, 2.45) is 5.73 Å². The van der Waals surface area contributed by atoms with Crippen LogP contribution in [0.5, 0.6) is 0 Å². The molecule has 1 amide bonds. The van der Waals surface area contributed by atoms with Crippen LogP contribution in [0.1, 0.15) is 53.7 Å². The van der Waals surface area contributed by atoms with Gasteiger partial charge >= 0.3 is 0 Å². The lowest BCUT2D eigenvalue weighted by atomic mass is 9.65. The molecule has 1 aliphatic heterocycles. The highest BCUT2D eigenvalue weighted by Crippen LogP contribution is 2.49. The second-order valence-electron chi connectivity index (χ2n) is 9.71. The van der Waals surface area contributed by atoms with E-state index in [-0.39, 0.29) is 11.3 Å². The molecule has 3 aromatic rings. The van der Waals surface area contributed by atoms with E-state index in [2.05, 4.69) is 25.1 Å². The molecule has 0 saturated heterocycles. The van der Waals surface area contributed by atoms with Gasteiger partial charge in [0.05, 0.1) is 29.0 Å². The Kier molecular flexibility index (Phi) is 5.50. The van der Waals surface area contributed by atoms with Crippen LogP contribution in [0.15, 0.2) is 72.6 Å². The quantitative estimate of drug-likeness (QED) is 0.532. The molecular formula is C29H26N4OS. The Hall–Kier alpha value is -3.87. The number of rotatable bonds is 4. The third-order valence-corrected chi connectivity index (χ3v) is 9.03. The summed E-state index contributed by atoms with van der Waals surface area (Å²) in [5.41, 5.74) is 8.79. The van der Waals surface area contributed by atoms with Crippen LogP contribution in [0.25, 0.3) is 10.4 Å². The van der Waals surface area contributed by atoms with Crippen molar-refractivity contribution < 1.29 is 4.79 Å². The number of likely N-dealkylation sites (N-methyl/N-ethyl adjacent to an activating group) is 1. The molecule has 1 saturated carbocycles. The molecule has 5 rings (SSSR count). The zero-order valence-corrected chi connectivity index (χ0v) is 20.6. The van der Waals surface area contributed by atoms with Crippen LogP contribution in [0.3, 0.4) is 0 Å². The number of carbonyl (C=O) groups excluding carboxylic acids is 1. The summed E-state index contributed by atoms with van der Waals surface area (Å²) in [5.74, 6) is -0.0739. The van der Waals surface area contributed by atoms with Gasteiger partial charge in [-0.2, -0.15) is 10.5 Å². The van der Waals surface area contributed by atoms with E-state index in [4.69, 9.17) is 5.73 Å². The van der Waals surface area contributed by atoms with Crippen molar-refractivity contribution in [1.29, 1.82) is 10.5 Å². The monoisotopic (exact) mass is 478 g/mol. The van der Waals surface area contributed by atoms with E-state index in [0.29, 0.717) is 11.4 Å². The highest BCUT2D eigenvalue weighted by molar-refractivity contribution is 7.15. The second kappa shape index (κ2) is 8.41. The molecule has 5 nitrogen and oxygen atoms in total. The molecule has 35 heavy (non-hydrogen) atoms. The molecule has 174 valence electrons. The molecule has 1 fully saturated rings. The van der Waals surface area contributed by atoms with Crippen molar-refractivity contribution in [2.45, 2.75) is 42.9 Å². The van der Waals surface area contributed by atoms with Gasteiger partial charge in [0.1, 0.15) is 5.82 Å². The first-order valence-corrected chi connectivity index (χ1v) is 12.5. The van der Waals surface area contributed by atoms with Crippen LogP contribution in [0.4, 0.5) is 0 Å². The lowest BCUT2D eigenvalue weighted by Gasteiger charge is -2.41. The molecule has 2 N–H and O–H groups in total. The maximum absolute atomic E-state index is 13.6. The molecule has 0 bridgehead atoms.